The fourth-order valence-corrected chi connectivity index (χ4v) is 3.54. The Hall–Kier alpha value is -2.75. The quantitative estimate of drug-likeness (QED) is 0.538. The van der Waals surface area contributed by atoms with E-state index in [1.54, 1.807) is 0 Å². The standard InChI is InChI=1S/C20H23F3N2O4S/c1-2-3-4-12-24-19(26)14-29-17-8-10-18(11-9-17)30(27,28)25-16-7-5-6-15(13-16)20(21,22)23/h5-11,13,25H,2-4,12,14H2,1H3,(H,24,26). The van der Waals surface area contributed by atoms with Gasteiger partial charge in [0.1, 0.15) is 5.75 Å². The number of alkyl halides is 3. The number of amides is 1. The highest BCUT2D eigenvalue weighted by atomic mass is 32.2. The lowest BCUT2D eigenvalue weighted by Gasteiger charge is -2.12. The van der Waals surface area contributed by atoms with Gasteiger partial charge < -0.3 is 10.1 Å². The van der Waals surface area contributed by atoms with Crippen molar-refractivity contribution >= 4 is 21.6 Å². The van der Waals surface area contributed by atoms with Gasteiger partial charge in [-0.2, -0.15) is 13.2 Å². The minimum Gasteiger partial charge on any atom is -0.484 e. The lowest BCUT2D eigenvalue weighted by Crippen LogP contribution is -2.29. The Morgan fingerprint density at radius 3 is 2.40 bits per heavy atom. The molecule has 2 N–H and O–H groups in total. The van der Waals surface area contributed by atoms with Crippen molar-refractivity contribution < 1.29 is 31.1 Å². The van der Waals surface area contributed by atoms with Gasteiger partial charge in [0.15, 0.2) is 6.61 Å². The average molecular weight is 444 g/mol. The van der Waals surface area contributed by atoms with Crippen molar-refractivity contribution in [2.45, 2.75) is 37.3 Å². The number of carbonyl (C=O) groups is 1. The lowest BCUT2D eigenvalue weighted by molar-refractivity contribution is -0.137. The highest BCUT2D eigenvalue weighted by Gasteiger charge is 2.30. The van der Waals surface area contributed by atoms with Crippen LogP contribution in [0.15, 0.2) is 53.4 Å². The summed E-state index contributed by atoms with van der Waals surface area (Å²) in [6, 6.07) is 9.12. The first-order valence-electron chi connectivity index (χ1n) is 9.31. The van der Waals surface area contributed by atoms with Gasteiger partial charge in [-0.1, -0.05) is 25.8 Å². The normalized spacial score (nSPS) is 11.7. The van der Waals surface area contributed by atoms with E-state index in [1.807, 2.05) is 0 Å². The Labute approximate surface area is 173 Å². The van der Waals surface area contributed by atoms with Crippen LogP contribution in [0.3, 0.4) is 0 Å². The van der Waals surface area contributed by atoms with Gasteiger partial charge in [-0.3, -0.25) is 9.52 Å². The van der Waals surface area contributed by atoms with Crippen LogP contribution in [0.1, 0.15) is 31.7 Å². The molecule has 0 bridgehead atoms. The maximum Gasteiger partial charge on any atom is 0.416 e. The van der Waals surface area contributed by atoms with Crippen LogP contribution in [-0.4, -0.2) is 27.5 Å². The van der Waals surface area contributed by atoms with Gasteiger partial charge in [-0.05, 0) is 48.9 Å². The molecule has 1 amide bonds. The van der Waals surface area contributed by atoms with Crippen LogP contribution >= 0.6 is 0 Å². The molecule has 2 aromatic rings. The lowest BCUT2D eigenvalue weighted by atomic mass is 10.2. The predicted molar refractivity (Wildman–Crippen MR) is 107 cm³/mol. The number of ether oxygens (including phenoxy) is 1. The first-order chi connectivity index (χ1) is 14.1. The van der Waals surface area contributed by atoms with Crippen LogP contribution in [-0.2, 0) is 21.0 Å². The number of hydrogen-bond acceptors (Lipinski definition) is 4. The molecule has 0 aliphatic carbocycles. The second-order valence-corrected chi connectivity index (χ2v) is 8.18. The third-order valence-electron chi connectivity index (χ3n) is 4.05. The smallest absolute Gasteiger partial charge is 0.416 e. The predicted octanol–water partition coefficient (Wildman–Crippen LogP) is 4.19. The van der Waals surface area contributed by atoms with Gasteiger partial charge in [-0.25, -0.2) is 8.42 Å². The first kappa shape index (κ1) is 23.5. The molecular formula is C20H23F3N2O4S. The number of rotatable bonds is 10. The van der Waals surface area contributed by atoms with E-state index in [-0.39, 0.29) is 28.8 Å². The van der Waals surface area contributed by atoms with E-state index in [0.717, 1.165) is 31.4 Å². The van der Waals surface area contributed by atoms with E-state index >= 15 is 0 Å². The van der Waals surface area contributed by atoms with E-state index in [2.05, 4.69) is 17.0 Å². The van der Waals surface area contributed by atoms with Crippen molar-refractivity contribution in [3.63, 3.8) is 0 Å². The van der Waals surface area contributed by atoms with Crippen LogP contribution in [0, 0.1) is 0 Å². The van der Waals surface area contributed by atoms with Crippen LogP contribution in [0.5, 0.6) is 5.75 Å². The molecule has 0 heterocycles. The van der Waals surface area contributed by atoms with Crippen molar-refractivity contribution in [1.82, 2.24) is 5.32 Å². The summed E-state index contributed by atoms with van der Waals surface area (Å²) in [7, 11) is -4.09. The van der Waals surface area contributed by atoms with Crippen LogP contribution in [0.25, 0.3) is 0 Å². The third kappa shape index (κ3) is 7.25. The molecule has 0 saturated heterocycles. The summed E-state index contributed by atoms with van der Waals surface area (Å²) < 4.78 is 70.6. The second-order valence-electron chi connectivity index (χ2n) is 6.50. The minimum absolute atomic E-state index is 0.156. The number of anilines is 1. The van der Waals surface area contributed by atoms with Crippen molar-refractivity contribution in [2.75, 3.05) is 17.9 Å². The zero-order chi connectivity index (χ0) is 22.2. The molecule has 2 aromatic carbocycles. The molecule has 0 aliphatic rings. The molecule has 0 spiro atoms. The summed E-state index contributed by atoms with van der Waals surface area (Å²) in [5.74, 6) is 0.00532. The molecule has 0 saturated carbocycles. The number of halogens is 3. The van der Waals surface area contributed by atoms with Crippen molar-refractivity contribution in [3.05, 3.63) is 54.1 Å². The summed E-state index contributed by atoms with van der Waals surface area (Å²) in [5.41, 5.74) is -1.16. The number of sulfonamides is 1. The molecule has 0 aromatic heterocycles. The molecule has 0 aliphatic heterocycles. The molecule has 2 rings (SSSR count). The topological polar surface area (TPSA) is 84.5 Å². The molecule has 0 atom stereocenters. The Kier molecular flexibility index (Phi) is 8.10. The Balaban J connectivity index is 1.96. The Morgan fingerprint density at radius 2 is 1.77 bits per heavy atom. The maximum absolute atomic E-state index is 12.8. The van der Waals surface area contributed by atoms with Gasteiger partial charge in [0.2, 0.25) is 0 Å². The van der Waals surface area contributed by atoms with E-state index < -0.39 is 21.8 Å². The van der Waals surface area contributed by atoms with E-state index in [0.29, 0.717) is 12.6 Å². The third-order valence-corrected chi connectivity index (χ3v) is 5.45. The van der Waals surface area contributed by atoms with Gasteiger partial charge in [0.25, 0.3) is 15.9 Å². The number of unbranched alkanes of at least 4 members (excludes halogenated alkanes) is 2. The highest BCUT2D eigenvalue weighted by Crippen LogP contribution is 2.31. The molecule has 30 heavy (non-hydrogen) atoms. The molecule has 0 radical (unpaired) electrons. The second kappa shape index (κ2) is 10.3. The van der Waals surface area contributed by atoms with Gasteiger partial charge in [0, 0.05) is 12.2 Å². The SMILES string of the molecule is CCCCCNC(=O)COc1ccc(S(=O)(=O)Nc2cccc(C(F)(F)F)c2)cc1. The molecule has 0 fully saturated rings. The van der Waals surface area contributed by atoms with Gasteiger partial charge in [0.05, 0.1) is 10.5 Å². The van der Waals surface area contributed by atoms with E-state index in [1.165, 1.54) is 30.3 Å². The monoisotopic (exact) mass is 444 g/mol. The Morgan fingerprint density at radius 1 is 1.07 bits per heavy atom. The molecular weight excluding hydrogens is 421 g/mol. The number of nitrogens with one attached hydrogen (secondary N) is 2. The molecule has 6 nitrogen and oxygen atoms in total. The summed E-state index contributed by atoms with van der Waals surface area (Å²) in [4.78, 5) is 11.5. The molecule has 10 heteroatoms. The molecule has 0 unspecified atom stereocenters. The van der Waals surface area contributed by atoms with Crippen LogP contribution < -0.4 is 14.8 Å². The van der Waals surface area contributed by atoms with Gasteiger partial charge in [-0.15, -0.1) is 0 Å². The van der Waals surface area contributed by atoms with Gasteiger partial charge >= 0.3 is 6.18 Å². The largest absolute Gasteiger partial charge is 0.484 e. The van der Waals surface area contributed by atoms with Crippen molar-refractivity contribution in [3.8, 4) is 5.75 Å². The summed E-state index contributed by atoms with van der Waals surface area (Å²) in [6.07, 6.45) is -1.63. The fourth-order valence-electron chi connectivity index (χ4n) is 2.49. The zero-order valence-electron chi connectivity index (χ0n) is 16.3. The fraction of sp³-hybridized carbons (Fsp3) is 0.350. The number of carbonyl (C=O) groups excluding carboxylic acids is 1. The summed E-state index contributed by atoms with van der Waals surface area (Å²) in [5, 5.41) is 2.72. The minimum atomic E-state index is -4.58. The maximum atomic E-state index is 12.8. The highest BCUT2D eigenvalue weighted by molar-refractivity contribution is 7.92. The Bertz CT molecular complexity index is 945. The number of hydrogen-bond donors (Lipinski definition) is 2. The summed E-state index contributed by atoms with van der Waals surface area (Å²) >= 11 is 0. The van der Waals surface area contributed by atoms with E-state index in [4.69, 9.17) is 4.74 Å². The van der Waals surface area contributed by atoms with E-state index in [9.17, 15) is 26.4 Å². The van der Waals surface area contributed by atoms with Crippen LogP contribution in [0.2, 0.25) is 0 Å². The summed E-state index contributed by atoms with van der Waals surface area (Å²) in [6.45, 7) is 2.42. The average Bonchev–Trinajstić information content (AvgIpc) is 2.69. The van der Waals surface area contributed by atoms with Crippen molar-refractivity contribution in [2.24, 2.45) is 0 Å². The molecule has 164 valence electrons. The van der Waals surface area contributed by atoms with Crippen LogP contribution in [0.4, 0.5) is 18.9 Å². The van der Waals surface area contributed by atoms with Crippen molar-refractivity contribution in [1.29, 1.82) is 0 Å². The first-order valence-corrected chi connectivity index (χ1v) is 10.8. The number of benzene rings is 2. The zero-order valence-corrected chi connectivity index (χ0v) is 17.1.